The molecule has 0 spiro atoms. The van der Waals surface area contributed by atoms with Crippen molar-refractivity contribution in [2.75, 3.05) is 13.7 Å². The lowest BCUT2D eigenvalue weighted by atomic mass is 9.92. The molecule has 1 aromatic rings. The SMILES string of the molecule is COc1c(C)cc(Cl)c(C)c1C(CN)C(=O)O. The first-order chi connectivity index (χ1) is 7.93. The van der Waals surface area contributed by atoms with Gasteiger partial charge in [0.1, 0.15) is 5.75 Å². The molecule has 1 atom stereocenters. The first-order valence-electron chi connectivity index (χ1n) is 5.20. The van der Waals surface area contributed by atoms with E-state index in [0.29, 0.717) is 21.9 Å². The lowest BCUT2D eigenvalue weighted by molar-refractivity contribution is -0.138. The van der Waals surface area contributed by atoms with E-state index in [4.69, 9.17) is 22.1 Å². The van der Waals surface area contributed by atoms with E-state index in [1.807, 2.05) is 6.92 Å². The van der Waals surface area contributed by atoms with Crippen LogP contribution >= 0.6 is 11.6 Å². The lowest BCUT2D eigenvalue weighted by Crippen LogP contribution is -2.23. The summed E-state index contributed by atoms with van der Waals surface area (Å²) in [5.41, 5.74) is 7.59. The number of nitrogens with two attached hydrogens (primary N) is 1. The van der Waals surface area contributed by atoms with Crippen LogP contribution < -0.4 is 10.5 Å². The van der Waals surface area contributed by atoms with E-state index in [1.54, 1.807) is 13.0 Å². The molecule has 0 fully saturated rings. The van der Waals surface area contributed by atoms with E-state index in [0.717, 1.165) is 5.56 Å². The van der Waals surface area contributed by atoms with Gasteiger partial charge in [0.2, 0.25) is 0 Å². The lowest BCUT2D eigenvalue weighted by Gasteiger charge is -2.20. The van der Waals surface area contributed by atoms with Gasteiger partial charge in [-0.05, 0) is 31.0 Å². The molecule has 0 amide bonds. The number of ether oxygens (including phenoxy) is 1. The third-order valence-electron chi connectivity index (χ3n) is 2.79. The van der Waals surface area contributed by atoms with E-state index in [-0.39, 0.29) is 6.54 Å². The smallest absolute Gasteiger partial charge is 0.312 e. The number of halogens is 1. The Labute approximate surface area is 105 Å². The minimum Gasteiger partial charge on any atom is -0.496 e. The minimum absolute atomic E-state index is 0.00627. The largest absolute Gasteiger partial charge is 0.496 e. The molecule has 1 aromatic carbocycles. The molecule has 0 aliphatic carbocycles. The third kappa shape index (κ3) is 2.53. The Balaban J connectivity index is 3.53. The molecule has 0 heterocycles. The fourth-order valence-corrected chi connectivity index (χ4v) is 2.17. The highest BCUT2D eigenvalue weighted by Crippen LogP contribution is 2.36. The molecule has 0 saturated carbocycles. The van der Waals surface area contributed by atoms with Crippen molar-refractivity contribution in [1.82, 2.24) is 0 Å². The molecule has 0 aliphatic rings. The van der Waals surface area contributed by atoms with E-state index in [1.165, 1.54) is 7.11 Å². The number of aliphatic carboxylic acids is 1. The van der Waals surface area contributed by atoms with Crippen molar-refractivity contribution in [1.29, 1.82) is 0 Å². The second-order valence-electron chi connectivity index (χ2n) is 3.87. The minimum atomic E-state index is -0.976. The Morgan fingerprint density at radius 2 is 2.18 bits per heavy atom. The molecular weight excluding hydrogens is 242 g/mol. The molecule has 94 valence electrons. The van der Waals surface area contributed by atoms with Crippen LogP contribution in [0.5, 0.6) is 5.75 Å². The fraction of sp³-hybridized carbons (Fsp3) is 0.417. The third-order valence-corrected chi connectivity index (χ3v) is 3.19. The maximum Gasteiger partial charge on any atom is 0.312 e. The standard InChI is InChI=1S/C12H16ClNO3/c1-6-4-9(13)7(2)10(11(6)17-3)8(5-14)12(15)16/h4,8H,5,14H2,1-3H3,(H,15,16). The van der Waals surface area contributed by atoms with Crippen LogP contribution in [0, 0.1) is 13.8 Å². The summed E-state index contributed by atoms with van der Waals surface area (Å²) in [6.07, 6.45) is 0. The highest BCUT2D eigenvalue weighted by molar-refractivity contribution is 6.31. The van der Waals surface area contributed by atoms with Crippen molar-refractivity contribution in [3.63, 3.8) is 0 Å². The van der Waals surface area contributed by atoms with E-state index >= 15 is 0 Å². The van der Waals surface area contributed by atoms with Gasteiger partial charge in [-0.2, -0.15) is 0 Å². The number of hydrogen-bond acceptors (Lipinski definition) is 3. The van der Waals surface area contributed by atoms with Crippen molar-refractivity contribution in [2.45, 2.75) is 19.8 Å². The monoisotopic (exact) mass is 257 g/mol. The van der Waals surface area contributed by atoms with Crippen LogP contribution in [-0.2, 0) is 4.79 Å². The highest BCUT2D eigenvalue weighted by atomic mass is 35.5. The average molecular weight is 258 g/mol. The summed E-state index contributed by atoms with van der Waals surface area (Å²) in [6, 6.07) is 1.76. The average Bonchev–Trinajstić information content (AvgIpc) is 2.25. The Morgan fingerprint density at radius 1 is 1.59 bits per heavy atom. The molecule has 4 nitrogen and oxygen atoms in total. The van der Waals surface area contributed by atoms with Gasteiger partial charge < -0.3 is 15.6 Å². The van der Waals surface area contributed by atoms with Crippen LogP contribution in [-0.4, -0.2) is 24.7 Å². The first kappa shape index (κ1) is 13.8. The zero-order valence-electron chi connectivity index (χ0n) is 10.1. The maximum absolute atomic E-state index is 11.2. The number of methoxy groups -OCH3 is 1. The second kappa shape index (κ2) is 5.38. The van der Waals surface area contributed by atoms with Crippen LogP contribution in [0.2, 0.25) is 5.02 Å². The number of carbonyl (C=O) groups is 1. The maximum atomic E-state index is 11.2. The number of rotatable bonds is 4. The summed E-state index contributed by atoms with van der Waals surface area (Å²) in [6.45, 7) is 3.60. The number of benzene rings is 1. The summed E-state index contributed by atoms with van der Waals surface area (Å²) in [7, 11) is 1.51. The van der Waals surface area contributed by atoms with Gasteiger partial charge in [0.15, 0.2) is 0 Å². The summed E-state index contributed by atoms with van der Waals surface area (Å²) in [5.74, 6) is -1.23. The van der Waals surface area contributed by atoms with Gasteiger partial charge in [-0.15, -0.1) is 0 Å². The van der Waals surface area contributed by atoms with Gasteiger partial charge in [-0.1, -0.05) is 11.6 Å². The second-order valence-corrected chi connectivity index (χ2v) is 4.28. The topological polar surface area (TPSA) is 72.5 Å². The van der Waals surface area contributed by atoms with E-state index < -0.39 is 11.9 Å². The van der Waals surface area contributed by atoms with Gasteiger partial charge in [0, 0.05) is 17.1 Å². The number of carboxylic acids is 1. The van der Waals surface area contributed by atoms with Crippen molar-refractivity contribution in [3.05, 3.63) is 27.8 Å². The fourth-order valence-electron chi connectivity index (χ4n) is 1.91. The molecule has 0 bridgehead atoms. The van der Waals surface area contributed by atoms with Crippen LogP contribution in [0.15, 0.2) is 6.07 Å². The zero-order chi connectivity index (χ0) is 13.2. The van der Waals surface area contributed by atoms with Crippen molar-refractivity contribution in [2.24, 2.45) is 5.73 Å². The Bertz CT molecular complexity index is 446. The normalized spacial score (nSPS) is 12.3. The molecule has 1 unspecified atom stereocenters. The Kier molecular flexibility index (Phi) is 4.37. The molecule has 0 aliphatic heterocycles. The molecule has 17 heavy (non-hydrogen) atoms. The van der Waals surface area contributed by atoms with Crippen molar-refractivity contribution in [3.8, 4) is 5.75 Å². The summed E-state index contributed by atoms with van der Waals surface area (Å²) >= 11 is 6.06. The van der Waals surface area contributed by atoms with Crippen LogP contribution in [0.25, 0.3) is 0 Å². The zero-order valence-corrected chi connectivity index (χ0v) is 10.8. The van der Waals surface area contributed by atoms with Crippen molar-refractivity contribution >= 4 is 17.6 Å². The van der Waals surface area contributed by atoms with Gasteiger partial charge in [-0.3, -0.25) is 4.79 Å². The van der Waals surface area contributed by atoms with Crippen LogP contribution in [0.3, 0.4) is 0 Å². The van der Waals surface area contributed by atoms with Crippen LogP contribution in [0.4, 0.5) is 0 Å². The number of carboxylic acid groups (broad SMARTS) is 1. The molecule has 0 aromatic heterocycles. The first-order valence-corrected chi connectivity index (χ1v) is 5.58. The molecule has 1 rings (SSSR count). The van der Waals surface area contributed by atoms with Gasteiger partial charge in [0.05, 0.1) is 13.0 Å². The van der Waals surface area contributed by atoms with E-state index in [2.05, 4.69) is 0 Å². The van der Waals surface area contributed by atoms with Gasteiger partial charge >= 0.3 is 5.97 Å². The highest BCUT2D eigenvalue weighted by Gasteiger charge is 2.26. The summed E-state index contributed by atoms with van der Waals surface area (Å²) < 4.78 is 5.27. The Morgan fingerprint density at radius 3 is 2.59 bits per heavy atom. The molecule has 0 saturated heterocycles. The molecule has 5 heteroatoms. The van der Waals surface area contributed by atoms with E-state index in [9.17, 15) is 9.90 Å². The molecular formula is C12H16ClNO3. The quantitative estimate of drug-likeness (QED) is 0.866. The molecule has 3 N–H and O–H groups in total. The number of hydrogen-bond donors (Lipinski definition) is 2. The molecule has 0 radical (unpaired) electrons. The predicted molar refractivity (Wildman–Crippen MR) is 66.9 cm³/mol. The summed E-state index contributed by atoms with van der Waals surface area (Å²) in [5, 5.41) is 9.70. The van der Waals surface area contributed by atoms with Gasteiger partial charge in [-0.25, -0.2) is 0 Å². The Hall–Kier alpha value is -1.26. The predicted octanol–water partition coefficient (Wildman–Crippen LogP) is 2.09. The number of aryl methyl sites for hydroxylation is 1. The summed E-state index contributed by atoms with van der Waals surface area (Å²) in [4.78, 5) is 11.2. The van der Waals surface area contributed by atoms with Crippen molar-refractivity contribution < 1.29 is 14.6 Å². The van der Waals surface area contributed by atoms with Crippen LogP contribution in [0.1, 0.15) is 22.6 Å². The van der Waals surface area contributed by atoms with Gasteiger partial charge in [0.25, 0.3) is 0 Å².